The van der Waals surface area contributed by atoms with Crippen molar-refractivity contribution in [2.75, 3.05) is 6.54 Å². The summed E-state index contributed by atoms with van der Waals surface area (Å²) in [6, 6.07) is 8.24. The van der Waals surface area contributed by atoms with Gasteiger partial charge < -0.3 is 5.32 Å². The molecule has 2 rings (SSSR count). The van der Waals surface area contributed by atoms with Crippen molar-refractivity contribution >= 4 is 11.7 Å². The molecule has 0 aromatic heterocycles. The topological polar surface area (TPSA) is 41.5 Å². The number of aryl methyl sites for hydroxylation is 1. The van der Waals surface area contributed by atoms with Gasteiger partial charge in [0.05, 0.1) is 0 Å². The first-order valence-electron chi connectivity index (χ1n) is 4.63. The highest BCUT2D eigenvalue weighted by Gasteiger charge is 2.12. The first-order chi connectivity index (χ1) is 6.74. The zero-order valence-corrected chi connectivity index (χ0v) is 8.08. The Morgan fingerprint density at radius 1 is 1.36 bits per heavy atom. The average Bonchev–Trinajstić information content (AvgIpc) is 2.56. The van der Waals surface area contributed by atoms with Crippen molar-refractivity contribution in [3.8, 4) is 0 Å². The summed E-state index contributed by atoms with van der Waals surface area (Å²) in [5.41, 5.74) is 2.42. The molecule has 3 heteroatoms. The molecule has 14 heavy (non-hydrogen) atoms. The minimum absolute atomic E-state index is 0.00730. The van der Waals surface area contributed by atoms with Crippen molar-refractivity contribution in [3.05, 3.63) is 35.4 Å². The quantitative estimate of drug-likeness (QED) is 0.741. The van der Waals surface area contributed by atoms with Crippen LogP contribution in [-0.2, 0) is 11.2 Å². The molecular weight excluding hydrogens is 176 g/mol. The lowest BCUT2D eigenvalue weighted by Gasteiger charge is -2.01. The number of hydrogen-bond acceptors (Lipinski definition) is 2. The molecule has 1 amide bonds. The van der Waals surface area contributed by atoms with Gasteiger partial charge in [-0.1, -0.05) is 29.8 Å². The normalized spacial score (nSPS) is 15.2. The Bertz CT molecular complexity index is 379. The van der Waals surface area contributed by atoms with E-state index in [9.17, 15) is 4.79 Å². The maximum absolute atomic E-state index is 10.9. The molecule has 72 valence electrons. The number of benzene rings is 1. The number of carbonyl (C=O) groups excluding carboxylic acids is 1. The van der Waals surface area contributed by atoms with Gasteiger partial charge in [-0.3, -0.25) is 9.79 Å². The lowest BCUT2D eigenvalue weighted by molar-refractivity contribution is -0.117. The number of amidine groups is 1. The Morgan fingerprint density at radius 3 is 2.64 bits per heavy atom. The summed E-state index contributed by atoms with van der Waals surface area (Å²) >= 11 is 0. The third-order valence-electron chi connectivity index (χ3n) is 2.19. The molecule has 0 unspecified atom stereocenters. The van der Waals surface area contributed by atoms with Gasteiger partial charge in [-0.2, -0.15) is 0 Å². The summed E-state index contributed by atoms with van der Waals surface area (Å²) in [5, 5.41) is 2.73. The fourth-order valence-corrected chi connectivity index (χ4v) is 1.41. The highest BCUT2D eigenvalue weighted by molar-refractivity contribution is 6.04. The number of amides is 1. The molecule has 0 bridgehead atoms. The monoisotopic (exact) mass is 188 g/mol. The zero-order valence-electron chi connectivity index (χ0n) is 8.08. The van der Waals surface area contributed by atoms with E-state index in [-0.39, 0.29) is 12.5 Å². The Morgan fingerprint density at radius 2 is 2.07 bits per heavy atom. The van der Waals surface area contributed by atoms with Gasteiger partial charge in [-0.15, -0.1) is 0 Å². The summed E-state index contributed by atoms with van der Waals surface area (Å²) in [5.74, 6) is 0.769. The molecule has 1 N–H and O–H groups in total. The largest absolute Gasteiger partial charge is 0.313 e. The van der Waals surface area contributed by atoms with E-state index >= 15 is 0 Å². The summed E-state index contributed by atoms with van der Waals surface area (Å²) in [6.45, 7) is 2.33. The minimum Gasteiger partial charge on any atom is -0.313 e. The van der Waals surface area contributed by atoms with Crippen molar-refractivity contribution in [2.24, 2.45) is 4.99 Å². The second kappa shape index (κ2) is 3.62. The molecule has 0 saturated heterocycles. The van der Waals surface area contributed by atoms with Crippen molar-refractivity contribution in [1.29, 1.82) is 0 Å². The SMILES string of the molecule is Cc1ccc(CC2=NCC(=O)N2)cc1. The molecule has 0 spiro atoms. The molecule has 0 saturated carbocycles. The maximum atomic E-state index is 10.9. The summed E-state index contributed by atoms with van der Waals surface area (Å²) in [7, 11) is 0. The molecular formula is C11H12N2O. The minimum atomic E-state index is -0.00730. The number of hydrogen-bond donors (Lipinski definition) is 1. The molecule has 1 aromatic carbocycles. The van der Waals surface area contributed by atoms with Gasteiger partial charge in [0, 0.05) is 6.42 Å². The van der Waals surface area contributed by atoms with E-state index in [1.807, 2.05) is 0 Å². The summed E-state index contributed by atoms with van der Waals surface area (Å²) < 4.78 is 0. The molecule has 1 aliphatic rings. The standard InChI is InChI=1S/C11H12N2O/c1-8-2-4-9(5-3-8)6-10-12-7-11(14)13-10/h2-5H,6-7H2,1H3,(H,12,13,14). The Hall–Kier alpha value is -1.64. The van der Waals surface area contributed by atoms with E-state index in [2.05, 4.69) is 41.5 Å². The molecule has 0 aliphatic carbocycles. The fourth-order valence-electron chi connectivity index (χ4n) is 1.41. The highest BCUT2D eigenvalue weighted by atomic mass is 16.2. The molecule has 0 atom stereocenters. The van der Waals surface area contributed by atoms with Gasteiger partial charge in [0.25, 0.3) is 0 Å². The van der Waals surface area contributed by atoms with Crippen molar-refractivity contribution < 1.29 is 4.79 Å². The first-order valence-corrected chi connectivity index (χ1v) is 4.63. The van der Waals surface area contributed by atoms with Crippen LogP contribution in [0.25, 0.3) is 0 Å². The summed E-state index contributed by atoms with van der Waals surface area (Å²) in [6.07, 6.45) is 0.714. The van der Waals surface area contributed by atoms with Crippen molar-refractivity contribution in [1.82, 2.24) is 5.32 Å². The van der Waals surface area contributed by atoms with Gasteiger partial charge in [0.2, 0.25) is 5.91 Å². The van der Waals surface area contributed by atoms with Crippen molar-refractivity contribution in [2.45, 2.75) is 13.3 Å². The van der Waals surface area contributed by atoms with Crippen LogP contribution in [0.3, 0.4) is 0 Å². The van der Waals surface area contributed by atoms with Crippen LogP contribution in [0.2, 0.25) is 0 Å². The Balaban J connectivity index is 2.04. The molecule has 1 heterocycles. The molecule has 0 fully saturated rings. The molecule has 0 radical (unpaired) electrons. The van der Waals surface area contributed by atoms with E-state index < -0.39 is 0 Å². The average molecular weight is 188 g/mol. The van der Waals surface area contributed by atoms with Crippen LogP contribution in [0.15, 0.2) is 29.3 Å². The van der Waals surface area contributed by atoms with Crippen LogP contribution < -0.4 is 5.32 Å². The number of aliphatic imine (C=N–C) groups is 1. The first kappa shape index (κ1) is 8.94. The maximum Gasteiger partial charge on any atom is 0.247 e. The van der Waals surface area contributed by atoms with Crippen LogP contribution in [0.1, 0.15) is 11.1 Å². The van der Waals surface area contributed by atoms with E-state index in [0.717, 1.165) is 5.84 Å². The molecule has 1 aliphatic heterocycles. The van der Waals surface area contributed by atoms with Gasteiger partial charge in [0.15, 0.2) is 0 Å². The predicted octanol–water partition coefficient (Wildman–Crippen LogP) is 1.07. The van der Waals surface area contributed by atoms with E-state index in [0.29, 0.717) is 6.42 Å². The predicted molar refractivity (Wildman–Crippen MR) is 55.3 cm³/mol. The van der Waals surface area contributed by atoms with Gasteiger partial charge >= 0.3 is 0 Å². The summed E-state index contributed by atoms with van der Waals surface area (Å²) in [4.78, 5) is 15.0. The third kappa shape index (κ3) is 1.99. The van der Waals surface area contributed by atoms with E-state index in [1.54, 1.807) is 0 Å². The van der Waals surface area contributed by atoms with Gasteiger partial charge in [0.1, 0.15) is 12.4 Å². The van der Waals surface area contributed by atoms with Crippen molar-refractivity contribution in [3.63, 3.8) is 0 Å². The van der Waals surface area contributed by atoms with Crippen LogP contribution in [0, 0.1) is 6.92 Å². The number of nitrogens with zero attached hydrogens (tertiary/aromatic N) is 1. The van der Waals surface area contributed by atoms with Crippen LogP contribution in [0.5, 0.6) is 0 Å². The molecule has 1 aromatic rings. The van der Waals surface area contributed by atoms with E-state index in [4.69, 9.17) is 0 Å². The smallest absolute Gasteiger partial charge is 0.247 e. The number of rotatable bonds is 2. The third-order valence-corrected chi connectivity index (χ3v) is 2.19. The van der Waals surface area contributed by atoms with Crippen LogP contribution >= 0.6 is 0 Å². The number of carbonyl (C=O) groups is 1. The van der Waals surface area contributed by atoms with Gasteiger partial charge in [-0.25, -0.2) is 0 Å². The van der Waals surface area contributed by atoms with Crippen LogP contribution in [0.4, 0.5) is 0 Å². The molecule has 3 nitrogen and oxygen atoms in total. The zero-order chi connectivity index (χ0) is 9.97. The number of nitrogens with one attached hydrogen (secondary N) is 1. The second-order valence-corrected chi connectivity index (χ2v) is 3.47. The van der Waals surface area contributed by atoms with Gasteiger partial charge in [-0.05, 0) is 12.5 Å². The fraction of sp³-hybridized carbons (Fsp3) is 0.273. The second-order valence-electron chi connectivity index (χ2n) is 3.47. The Kier molecular flexibility index (Phi) is 2.31. The Labute approximate surface area is 82.9 Å². The lowest BCUT2D eigenvalue weighted by Crippen LogP contribution is -2.25. The van der Waals surface area contributed by atoms with Crippen LogP contribution in [-0.4, -0.2) is 18.3 Å². The lowest BCUT2D eigenvalue weighted by atomic mass is 10.1. The highest BCUT2D eigenvalue weighted by Crippen LogP contribution is 2.05. The van der Waals surface area contributed by atoms with E-state index in [1.165, 1.54) is 11.1 Å².